The molecule has 8 nitrogen and oxygen atoms in total. The standard InChI is InChI=1S/C19H22N6O2/c1-3-27-19(26)24-11-9-23(10-12-24)16-13-14(2)20-18-21-17(22-25(16)18)15-7-5-4-6-8-15/h4-8,13H,3,9-12H2,1-2H3. The maximum atomic E-state index is 11.9. The van der Waals surface area contributed by atoms with Crippen LogP contribution in [0.4, 0.5) is 10.6 Å². The van der Waals surface area contributed by atoms with Crippen molar-refractivity contribution in [3.63, 3.8) is 0 Å². The molecule has 1 aromatic carbocycles. The second kappa shape index (κ2) is 7.22. The summed E-state index contributed by atoms with van der Waals surface area (Å²) in [6, 6.07) is 11.9. The Morgan fingerprint density at radius 1 is 1.11 bits per heavy atom. The van der Waals surface area contributed by atoms with E-state index < -0.39 is 0 Å². The number of benzene rings is 1. The van der Waals surface area contributed by atoms with Crippen LogP contribution in [0.15, 0.2) is 36.4 Å². The molecular formula is C19H22N6O2. The fraction of sp³-hybridized carbons (Fsp3) is 0.368. The average Bonchev–Trinajstić information content (AvgIpc) is 3.12. The second-order valence-electron chi connectivity index (χ2n) is 6.44. The normalized spacial score (nSPS) is 14.6. The molecule has 1 amide bonds. The van der Waals surface area contributed by atoms with Crippen molar-refractivity contribution < 1.29 is 9.53 Å². The van der Waals surface area contributed by atoms with E-state index in [0.717, 1.165) is 17.1 Å². The van der Waals surface area contributed by atoms with Gasteiger partial charge in [-0.15, -0.1) is 5.10 Å². The summed E-state index contributed by atoms with van der Waals surface area (Å²) in [6.45, 7) is 6.80. The summed E-state index contributed by atoms with van der Waals surface area (Å²) >= 11 is 0. The average molecular weight is 366 g/mol. The number of hydrogen-bond acceptors (Lipinski definition) is 6. The van der Waals surface area contributed by atoms with E-state index >= 15 is 0 Å². The number of nitrogens with zero attached hydrogens (tertiary/aromatic N) is 6. The second-order valence-corrected chi connectivity index (χ2v) is 6.44. The molecule has 0 aliphatic carbocycles. The molecule has 0 spiro atoms. The smallest absolute Gasteiger partial charge is 0.409 e. The van der Waals surface area contributed by atoms with Crippen LogP contribution in [0.5, 0.6) is 0 Å². The number of anilines is 1. The van der Waals surface area contributed by atoms with Gasteiger partial charge in [-0.05, 0) is 13.8 Å². The molecule has 27 heavy (non-hydrogen) atoms. The molecule has 1 saturated heterocycles. The lowest BCUT2D eigenvalue weighted by molar-refractivity contribution is 0.105. The molecule has 140 valence electrons. The molecule has 3 heterocycles. The van der Waals surface area contributed by atoms with Crippen LogP contribution >= 0.6 is 0 Å². The molecule has 0 N–H and O–H groups in total. The lowest BCUT2D eigenvalue weighted by Gasteiger charge is -2.35. The fourth-order valence-corrected chi connectivity index (χ4v) is 3.24. The van der Waals surface area contributed by atoms with Gasteiger partial charge in [-0.3, -0.25) is 0 Å². The van der Waals surface area contributed by atoms with Crippen molar-refractivity contribution >= 4 is 17.7 Å². The summed E-state index contributed by atoms with van der Waals surface area (Å²) in [7, 11) is 0. The van der Waals surface area contributed by atoms with Crippen molar-refractivity contribution in [2.45, 2.75) is 13.8 Å². The Morgan fingerprint density at radius 2 is 1.85 bits per heavy atom. The molecule has 1 aliphatic rings. The van der Waals surface area contributed by atoms with Gasteiger partial charge in [-0.1, -0.05) is 30.3 Å². The first-order chi connectivity index (χ1) is 13.2. The summed E-state index contributed by atoms with van der Waals surface area (Å²) < 4.78 is 6.88. The van der Waals surface area contributed by atoms with Gasteiger partial charge in [0.25, 0.3) is 5.78 Å². The molecule has 1 aliphatic heterocycles. The van der Waals surface area contributed by atoms with Crippen LogP contribution in [-0.4, -0.2) is 63.4 Å². The number of fused-ring (bicyclic) bond motifs is 1. The predicted octanol–water partition coefficient (Wildman–Crippen LogP) is 2.38. The highest BCUT2D eigenvalue weighted by atomic mass is 16.6. The van der Waals surface area contributed by atoms with E-state index in [2.05, 4.69) is 20.0 Å². The van der Waals surface area contributed by atoms with Gasteiger partial charge in [0.2, 0.25) is 0 Å². The summed E-state index contributed by atoms with van der Waals surface area (Å²) in [5.41, 5.74) is 1.84. The van der Waals surface area contributed by atoms with Crippen LogP contribution in [0.25, 0.3) is 17.2 Å². The first kappa shape index (κ1) is 17.3. The Labute approximate surface area is 157 Å². The minimum Gasteiger partial charge on any atom is -0.450 e. The summed E-state index contributed by atoms with van der Waals surface area (Å²) in [4.78, 5) is 25.0. The Morgan fingerprint density at radius 3 is 2.56 bits per heavy atom. The van der Waals surface area contributed by atoms with E-state index in [9.17, 15) is 4.79 Å². The van der Waals surface area contributed by atoms with Crippen molar-refractivity contribution in [3.8, 4) is 11.4 Å². The Kier molecular flexibility index (Phi) is 4.62. The highest BCUT2D eigenvalue weighted by molar-refractivity contribution is 5.68. The number of carbonyl (C=O) groups excluding carboxylic acids is 1. The molecule has 8 heteroatoms. The van der Waals surface area contributed by atoms with Gasteiger partial charge in [0.1, 0.15) is 5.82 Å². The van der Waals surface area contributed by atoms with Crippen LogP contribution in [0.3, 0.4) is 0 Å². The van der Waals surface area contributed by atoms with Crippen LogP contribution in [0.2, 0.25) is 0 Å². The number of aromatic nitrogens is 4. The number of ether oxygens (including phenoxy) is 1. The van der Waals surface area contributed by atoms with E-state index in [-0.39, 0.29) is 6.09 Å². The van der Waals surface area contributed by atoms with E-state index in [1.165, 1.54) is 0 Å². The third-order valence-electron chi connectivity index (χ3n) is 4.58. The summed E-state index contributed by atoms with van der Waals surface area (Å²) in [5.74, 6) is 2.17. The minimum atomic E-state index is -0.250. The van der Waals surface area contributed by atoms with Gasteiger partial charge >= 0.3 is 6.09 Å². The van der Waals surface area contributed by atoms with Gasteiger partial charge in [0.15, 0.2) is 5.82 Å². The van der Waals surface area contributed by atoms with Gasteiger partial charge in [0.05, 0.1) is 6.61 Å². The van der Waals surface area contributed by atoms with E-state index in [4.69, 9.17) is 4.74 Å². The zero-order valence-electron chi connectivity index (χ0n) is 15.5. The molecule has 0 radical (unpaired) electrons. The number of hydrogen-bond donors (Lipinski definition) is 0. The Balaban J connectivity index is 1.62. The number of piperazine rings is 1. The number of rotatable bonds is 3. The monoisotopic (exact) mass is 366 g/mol. The third kappa shape index (κ3) is 3.42. The first-order valence-corrected chi connectivity index (χ1v) is 9.12. The SMILES string of the molecule is CCOC(=O)N1CCN(c2cc(C)nc3nc(-c4ccccc4)nn23)CC1. The lowest BCUT2D eigenvalue weighted by Crippen LogP contribution is -2.49. The van der Waals surface area contributed by atoms with Gasteiger partial charge in [0, 0.05) is 43.5 Å². The highest BCUT2D eigenvalue weighted by Gasteiger charge is 2.24. The molecule has 0 atom stereocenters. The number of amides is 1. The maximum Gasteiger partial charge on any atom is 0.409 e. The van der Waals surface area contributed by atoms with Crippen molar-refractivity contribution in [1.29, 1.82) is 0 Å². The van der Waals surface area contributed by atoms with Gasteiger partial charge < -0.3 is 14.5 Å². The van der Waals surface area contributed by atoms with Crippen molar-refractivity contribution in [2.75, 3.05) is 37.7 Å². The largest absolute Gasteiger partial charge is 0.450 e. The summed E-state index contributed by atoms with van der Waals surface area (Å²) in [6.07, 6.45) is -0.250. The van der Waals surface area contributed by atoms with Crippen LogP contribution < -0.4 is 4.90 Å². The first-order valence-electron chi connectivity index (χ1n) is 9.12. The predicted molar refractivity (Wildman–Crippen MR) is 102 cm³/mol. The zero-order chi connectivity index (χ0) is 18.8. The third-order valence-corrected chi connectivity index (χ3v) is 4.58. The quantitative estimate of drug-likeness (QED) is 0.708. The molecule has 4 rings (SSSR count). The van der Waals surface area contributed by atoms with Gasteiger partial charge in [-0.2, -0.15) is 9.50 Å². The Hall–Kier alpha value is -3.16. The van der Waals surface area contributed by atoms with Crippen molar-refractivity contribution in [1.82, 2.24) is 24.5 Å². The Bertz CT molecular complexity index is 947. The van der Waals surface area contributed by atoms with E-state index in [0.29, 0.717) is 44.4 Å². The molecule has 3 aromatic rings. The molecule has 1 fully saturated rings. The van der Waals surface area contributed by atoms with Crippen LogP contribution in [-0.2, 0) is 4.74 Å². The fourth-order valence-electron chi connectivity index (χ4n) is 3.24. The molecule has 2 aromatic heterocycles. The van der Waals surface area contributed by atoms with Crippen LogP contribution in [0, 0.1) is 6.92 Å². The molecule has 0 bridgehead atoms. The van der Waals surface area contributed by atoms with Gasteiger partial charge in [-0.25, -0.2) is 9.78 Å². The highest BCUT2D eigenvalue weighted by Crippen LogP contribution is 2.22. The number of carbonyl (C=O) groups is 1. The van der Waals surface area contributed by atoms with Crippen LogP contribution in [0.1, 0.15) is 12.6 Å². The zero-order valence-corrected chi connectivity index (χ0v) is 15.5. The number of aryl methyl sites for hydroxylation is 1. The van der Waals surface area contributed by atoms with Crippen molar-refractivity contribution in [3.05, 3.63) is 42.1 Å². The van der Waals surface area contributed by atoms with E-state index in [1.807, 2.05) is 50.2 Å². The molecule has 0 unspecified atom stereocenters. The summed E-state index contributed by atoms with van der Waals surface area (Å²) in [5, 5.41) is 4.68. The lowest BCUT2D eigenvalue weighted by atomic mass is 10.2. The molecule has 0 saturated carbocycles. The molecular weight excluding hydrogens is 344 g/mol. The van der Waals surface area contributed by atoms with E-state index in [1.54, 1.807) is 9.42 Å². The topological polar surface area (TPSA) is 75.9 Å². The maximum absolute atomic E-state index is 11.9. The minimum absolute atomic E-state index is 0.250. The van der Waals surface area contributed by atoms with Crippen molar-refractivity contribution in [2.24, 2.45) is 0 Å².